The summed E-state index contributed by atoms with van der Waals surface area (Å²) in [5.74, 6) is 0. The standard InChI is InChI=1S/C12H20N2O2/c1-3-4-5-6-7-16-12-13-8-11(9-15)10(2)14-12/h8,15H,3-7,9H2,1-2H3. The molecule has 90 valence electrons. The van der Waals surface area contributed by atoms with Gasteiger partial charge in [-0.15, -0.1) is 0 Å². The highest BCUT2D eigenvalue weighted by Gasteiger charge is 2.02. The summed E-state index contributed by atoms with van der Waals surface area (Å²) in [7, 11) is 0. The van der Waals surface area contributed by atoms with Crippen molar-refractivity contribution in [1.29, 1.82) is 0 Å². The fraction of sp³-hybridized carbons (Fsp3) is 0.667. The molecule has 0 unspecified atom stereocenters. The van der Waals surface area contributed by atoms with Crippen LogP contribution >= 0.6 is 0 Å². The zero-order chi connectivity index (χ0) is 11.8. The molecule has 0 aliphatic carbocycles. The van der Waals surface area contributed by atoms with E-state index in [1.807, 2.05) is 6.92 Å². The van der Waals surface area contributed by atoms with Crippen LogP contribution in [0.1, 0.15) is 43.9 Å². The minimum Gasteiger partial charge on any atom is -0.463 e. The molecule has 1 N–H and O–H groups in total. The topological polar surface area (TPSA) is 55.2 Å². The van der Waals surface area contributed by atoms with Gasteiger partial charge in [0.15, 0.2) is 0 Å². The van der Waals surface area contributed by atoms with E-state index in [0.717, 1.165) is 17.7 Å². The van der Waals surface area contributed by atoms with Crippen LogP contribution in [0.2, 0.25) is 0 Å². The predicted octanol–water partition coefficient (Wildman–Crippen LogP) is 2.24. The van der Waals surface area contributed by atoms with Gasteiger partial charge in [0.2, 0.25) is 0 Å². The Labute approximate surface area is 96.7 Å². The molecular formula is C12H20N2O2. The molecule has 4 nitrogen and oxygen atoms in total. The molecule has 0 aliphatic heterocycles. The molecule has 0 bridgehead atoms. The number of aryl methyl sites for hydroxylation is 1. The Morgan fingerprint density at radius 1 is 1.31 bits per heavy atom. The summed E-state index contributed by atoms with van der Waals surface area (Å²) in [6.45, 7) is 4.67. The molecule has 0 saturated heterocycles. The number of nitrogens with zero attached hydrogens (tertiary/aromatic N) is 2. The molecule has 1 heterocycles. The van der Waals surface area contributed by atoms with Crippen molar-refractivity contribution in [2.24, 2.45) is 0 Å². The maximum Gasteiger partial charge on any atom is 0.316 e. The molecule has 0 radical (unpaired) electrons. The van der Waals surface area contributed by atoms with Gasteiger partial charge in [-0.3, -0.25) is 0 Å². The number of hydrogen-bond acceptors (Lipinski definition) is 4. The third kappa shape index (κ3) is 4.14. The average Bonchev–Trinajstić information content (AvgIpc) is 2.29. The maximum absolute atomic E-state index is 8.96. The number of aliphatic hydroxyl groups excluding tert-OH is 1. The number of unbranched alkanes of at least 4 members (excludes halogenated alkanes) is 3. The summed E-state index contributed by atoms with van der Waals surface area (Å²) in [6, 6.07) is 0.409. The van der Waals surface area contributed by atoms with Gasteiger partial charge in [0.05, 0.1) is 18.9 Å². The molecule has 1 aromatic heterocycles. The van der Waals surface area contributed by atoms with E-state index in [1.54, 1.807) is 6.20 Å². The number of ether oxygens (including phenoxy) is 1. The van der Waals surface area contributed by atoms with Gasteiger partial charge < -0.3 is 9.84 Å². The van der Waals surface area contributed by atoms with Crippen LogP contribution in [0.15, 0.2) is 6.20 Å². The zero-order valence-corrected chi connectivity index (χ0v) is 10.1. The lowest BCUT2D eigenvalue weighted by atomic mass is 10.2. The van der Waals surface area contributed by atoms with Gasteiger partial charge in [-0.05, 0) is 13.3 Å². The number of aromatic nitrogens is 2. The lowest BCUT2D eigenvalue weighted by Gasteiger charge is -2.06. The van der Waals surface area contributed by atoms with Crippen molar-refractivity contribution in [1.82, 2.24) is 9.97 Å². The molecule has 1 rings (SSSR count). The monoisotopic (exact) mass is 224 g/mol. The number of rotatable bonds is 7. The summed E-state index contributed by atoms with van der Waals surface area (Å²) in [6.07, 6.45) is 6.30. The number of hydrogen-bond donors (Lipinski definition) is 1. The molecule has 16 heavy (non-hydrogen) atoms. The van der Waals surface area contributed by atoms with Gasteiger partial charge in [-0.25, -0.2) is 9.97 Å². The van der Waals surface area contributed by atoms with Crippen LogP contribution in [0.5, 0.6) is 6.01 Å². The lowest BCUT2D eigenvalue weighted by Crippen LogP contribution is -2.03. The van der Waals surface area contributed by atoms with Gasteiger partial charge in [-0.2, -0.15) is 0 Å². The third-order valence-corrected chi connectivity index (χ3v) is 2.46. The van der Waals surface area contributed by atoms with Crippen molar-refractivity contribution in [2.75, 3.05) is 6.61 Å². The summed E-state index contributed by atoms with van der Waals surface area (Å²) < 4.78 is 5.43. The second kappa shape index (κ2) is 7.17. The SMILES string of the molecule is CCCCCCOc1ncc(CO)c(C)n1. The molecule has 0 spiro atoms. The van der Waals surface area contributed by atoms with E-state index in [-0.39, 0.29) is 6.61 Å². The van der Waals surface area contributed by atoms with Crippen molar-refractivity contribution < 1.29 is 9.84 Å². The zero-order valence-electron chi connectivity index (χ0n) is 10.1. The molecule has 0 saturated carbocycles. The summed E-state index contributed by atoms with van der Waals surface area (Å²) in [5.41, 5.74) is 1.53. The predicted molar refractivity (Wildman–Crippen MR) is 62.3 cm³/mol. The van der Waals surface area contributed by atoms with Crippen LogP contribution in [0, 0.1) is 6.92 Å². The van der Waals surface area contributed by atoms with Crippen molar-refractivity contribution in [3.63, 3.8) is 0 Å². The fourth-order valence-electron chi connectivity index (χ4n) is 1.39. The van der Waals surface area contributed by atoms with Gasteiger partial charge in [0.25, 0.3) is 0 Å². The highest BCUT2D eigenvalue weighted by molar-refractivity contribution is 5.16. The second-order valence-electron chi connectivity index (χ2n) is 3.83. The Morgan fingerprint density at radius 2 is 2.12 bits per heavy atom. The van der Waals surface area contributed by atoms with E-state index in [9.17, 15) is 0 Å². The van der Waals surface area contributed by atoms with Gasteiger partial charge >= 0.3 is 6.01 Å². The van der Waals surface area contributed by atoms with E-state index >= 15 is 0 Å². The van der Waals surface area contributed by atoms with Gasteiger partial charge in [-0.1, -0.05) is 26.2 Å². The quantitative estimate of drug-likeness (QED) is 0.722. The Balaban J connectivity index is 2.34. The lowest BCUT2D eigenvalue weighted by molar-refractivity contribution is 0.270. The fourth-order valence-corrected chi connectivity index (χ4v) is 1.39. The third-order valence-electron chi connectivity index (χ3n) is 2.46. The van der Waals surface area contributed by atoms with Crippen molar-refractivity contribution in [2.45, 2.75) is 46.1 Å². The molecule has 0 atom stereocenters. The minimum atomic E-state index is -0.0252. The maximum atomic E-state index is 8.96. The summed E-state index contributed by atoms with van der Waals surface area (Å²) >= 11 is 0. The Kier molecular flexibility index (Phi) is 5.78. The molecule has 1 aromatic rings. The van der Waals surface area contributed by atoms with E-state index in [0.29, 0.717) is 12.6 Å². The van der Waals surface area contributed by atoms with E-state index in [2.05, 4.69) is 16.9 Å². The first kappa shape index (κ1) is 12.9. The Morgan fingerprint density at radius 3 is 2.75 bits per heavy atom. The highest BCUT2D eigenvalue weighted by atomic mass is 16.5. The van der Waals surface area contributed by atoms with Crippen molar-refractivity contribution in [3.05, 3.63) is 17.5 Å². The Hall–Kier alpha value is -1.16. The van der Waals surface area contributed by atoms with E-state index in [1.165, 1.54) is 19.3 Å². The molecule has 0 aromatic carbocycles. The van der Waals surface area contributed by atoms with Crippen LogP contribution < -0.4 is 4.74 Å². The first-order chi connectivity index (χ1) is 7.77. The van der Waals surface area contributed by atoms with Gasteiger partial charge in [0.1, 0.15) is 0 Å². The minimum absolute atomic E-state index is 0.0252. The smallest absolute Gasteiger partial charge is 0.316 e. The molecule has 0 amide bonds. The largest absolute Gasteiger partial charge is 0.463 e. The Bertz CT molecular complexity index is 316. The number of aliphatic hydroxyl groups is 1. The van der Waals surface area contributed by atoms with E-state index in [4.69, 9.17) is 9.84 Å². The normalized spacial score (nSPS) is 10.4. The van der Waals surface area contributed by atoms with Crippen LogP contribution in [0.3, 0.4) is 0 Å². The van der Waals surface area contributed by atoms with Gasteiger partial charge in [0, 0.05) is 11.8 Å². The average molecular weight is 224 g/mol. The molecule has 4 heteroatoms. The first-order valence-electron chi connectivity index (χ1n) is 5.84. The second-order valence-corrected chi connectivity index (χ2v) is 3.83. The molecule has 0 aliphatic rings. The van der Waals surface area contributed by atoms with Crippen molar-refractivity contribution in [3.8, 4) is 6.01 Å². The summed E-state index contributed by atoms with van der Waals surface area (Å²) in [4.78, 5) is 8.20. The molecule has 0 fully saturated rings. The van der Waals surface area contributed by atoms with Crippen LogP contribution in [0.25, 0.3) is 0 Å². The molecular weight excluding hydrogens is 204 g/mol. The van der Waals surface area contributed by atoms with Crippen LogP contribution in [0.4, 0.5) is 0 Å². The van der Waals surface area contributed by atoms with Crippen molar-refractivity contribution >= 4 is 0 Å². The van der Waals surface area contributed by atoms with Crippen LogP contribution in [-0.4, -0.2) is 21.7 Å². The highest BCUT2D eigenvalue weighted by Crippen LogP contribution is 2.09. The van der Waals surface area contributed by atoms with E-state index < -0.39 is 0 Å². The first-order valence-corrected chi connectivity index (χ1v) is 5.84. The summed E-state index contributed by atoms with van der Waals surface area (Å²) in [5, 5.41) is 8.96. The van der Waals surface area contributed by atoms with Crippen LogP contribution in [-0.2, 0) is 6.61 Å².